The zero-order chi connectivity index (χ0) is 14.5. The molecule has 0 saturated heterocycles. The van der Waals surface area contributed by atoms with Gasteiger partial charge < -0.3 is 15.8 Å². The van der Waals surface area contributed by atoms with Gasteiger partial charge in [0.05, 0.1) is 6.54 Å². The van der Waals surface area contributed by atoms with Crippen molar-refractivity contribution in [2.45, 2.75) is 13.0 Å². The van der Waals surface area contributed by atoms with Crippen LogP contribution in [0.25, 0.3) is 10.8 Å². The summed E-state index contributed by atoms with van der Waals surface area (Å²) in [7, 11) is 0. The maximum absolute atomic E-state index is 10.7. The minimum atomic E-state index is -0.367. The smallest absolute Gasteiger partial charge is 0.231 e. The van der Waals surface area contributed by atoms with Gasteiger partial charge in [0, 0.05) is 10.5 Å². The first-order valence-corrected chi connectivity index (χ1v) is 7.18. The number of nitrogens with one attached hydrogen (secondary N) is 1. The van der Waals surface area contributed by atoms with Crippen LogP contribution in [0.4, 0.5) is 0 Å². The van der Waals surface area contributed by atoms with E-state index in [1.807, 2.05) is 37.3 Å². The number of carbonyl (C=O) groups is 1. The molecule has 1 amide bonds. The predicted octanol–water partition coefficient (Wildman–Crippen LogP) is 2.44. The molecule has 2 aromatic rings. The Balaban J connectivity index is 1.96. The number of hydrogen-bond donors (Lipinski definition) is 2. The first-order chi connectivity index (χ1) is 9.54. The third-order valence-electron chi connectivity index (χ3n) is 2.90. The van der Waals surface area contributed by atoms with Crippen LogP contribution in [0.1, 0.15) is 6.92 Å². The Morgan fingerprint density at radius 3 is 2.75 bits per heavy atom. The summed E-state index contributed by atoms with van der Waals surface area (Å²) in [5.74, 6) is 0.445. The molecule has 0 aliphatic rings. The summed E-state index contributed by atoms with van der Waals surface area (Å²) < 4.78 is 6.77. The van der Waals surface area contributed by atoms with Gasteiger partial charge in [-0.3, -0.25) is 4.79 Å². The number of halogens is 1. The second-order valence-corrected chi connectivity index (χ2v) is 5.63. The minimum absolute atomic E-state index is 0.0584. The molecule has 5 heteroatoms. The average Bonchev–Trinajstić information content (AvgIpc) is 2.42. The van der Waals surface area contributed by atoms with Crippen LogP contribution in [-0.2, 0) is 4.79 Å². The van der Waals surface area contributed by atoms with Crippen LogP contribution in [0.2, 0.25) is 0 Å². The van der Waals surface area contributed by atoms with Crippen molar-refractivity contribution < 1.29 is 9.53 Å². The Labute approximate surface area is 126 Å². The van der Waals surface area contributed by atoms with Crippen LogP contribution in [0.3, 0.4) is 0 Å². The van der Waals surface area contributed by atoms with E-state index in [1.165, 1.54) is 0 Å². The summed E-state index contributed by atoms with van der Waals surface area (Å²) in [6, 6.07) is 12.1. The van der Waals surface area contributed by atoms with Crippen LogP contribution in [0.15, 0.2) is 40.9 Å². The van der Waals surface area contributed by atoms with Gasteiger partial charge in [-0.25, -0.2) is 0 Å². The van der Waals surface area contributed by atoms with Gasteiger partial charge in [0.1, 0.15) is 12.4 Å². The Kier molecular flexibility index (Phi) is 4.98. The molecule has 0 bridgehead atoms. The third kappa shape index (κ3) is 4.21. The van der Waals surface area contributed by atoms with Crippen LogP contribution < -0.4 is 15.8 Å². The van der Waals surface area contributed by atoms with Crippen molar-refractivity contribution in [3.8, 4) is 5.75 Å². The lowest BCUT2D eigenvalue weighted by Crippen LogP contribution is -2.38. The molecule has 0 fully saturated rings. The number of rotatable bonds is 6. The predicted molar refractivity (Wildman–Crippen MR) is 83.8 cm³/mol. The number of benzene rings is 2. The summed E-state index contributed by atoms with van der Waals surface area (Å²) in [5, 5.41) is 5.28. The molecule has 2 rings (SSSR count). The Morgan fingerprint density at radius 1 is 1.30 bits per heavy atom. The lowest BCUT2D eigenvalue weighted by atomic mass is 10.1. The number of ether oxygens (including phenoxy) is 1. The van der Waals surface area contributed by atoms with Gasteiger partial charge in [0.15, 0.2) is 0 Å². The summed E-state index contributed by atoms with van der Waals surface area (Å²) >= 11 is 3.45. The largest absolute Gasteiger partial charge is 0.492 e. The fraction of sp³-hybridized carbons (Fsp3) is 0.267. The molecule has 0 aliphatic heterocycles. The SMILES string of the molecule is C[C@H](COc1ccc2cc(Br)ccc2c1)NCC(N)=O. The molecular formula is C15H17BrN2O2. The van der Waals surface area contributed by atoms with Crippen LogP contribution in [-0.4, -0.2) is 25.1 Å². The van der Waals surface area contributed by atoms with E-state index in [9.17, 15) is 4.79 Å². The normalized spacial score (nSPS) is 12.3. The molecule has 0 unspecified atom stereocenters. The molecule has 0 heterocycles. The summed E-state index contributed by atoms with van der Waals surface area (Å²) in [4.78, 5) is 10.7. The number of fused-ring (bicyclic) bond motifs is 1. The molecule has 2 aromatic carbocycles. The maximum atomic E-state index is 10.7. The van der Waals surface area contributed by atoms with Crippen molar-refractivity contribution >= 4 is 32.6 Å². The van der Waals surface area contributed by atoms with Crippen LogP contribution >= 0.6 is 15.9 Å². The highest BCUT2D eigenvalue weighted by molar-refractivity contribution is 9.10. The molecule has 106 valence electrons. The highest BCUT2D eigenvalue weighted by Gasteiger charge is 2.05. The molecule has 4 nitrogen and oxygen atoms in total. The monoisotopic (exact) mass is 336 g/mol. The first-order valence-electron chi connectivity index (χ1n) is 6.38. The lowest BCUT2D eigenvalue weighted by Gasteiger charge is -2.14. The first kappa shape index (κ1) is 14.8. The second-order valence-electron chi connectivity index (χ2n) is 4.71. The summed E-state index contributed by atoms with van der Waals surface area (Å²) in [6.07, 6.45) is 0. The Morgan fingerprint density at radius 2 is 2.00 bits per heavy atom. The molecule has 20 heavy (non-hydrogen) atoms. The zero-order valence-corrected chi connectivity index (χ0v) is 12.8. The van der Waals surface area contributed by atoms with Gasteiger partial charge in [-0.05, 0) is 42.0 Å². The lowest BCUT2D eigenvalue weighted by molar-refractivity contribution is -0.117. The Bertz CT molecular complexity index is 616. The topological polar surface area (TPSA) is 64.3 Å². The number of nitrogens with two attached hydrogens (primary N) is 1. The molecule has 0 aliphatic carbocycles. The molecular weight excluding hydrogens is 320 g/mol. The van der Waals surface area contributed by atoms with E-state index in [0.717, 1.165) is 21.0 Å². The maximum Gasteiger partial charge on any atom is 0.231 e. The fourth-order valence-corrected chi connectivity index (χ4v) is 2.22. The molecule has 1 atom stereocenters. The van der Waals surface area contributed by atoms with Gasteiger partial charge in [0.25, 0.3) is 0 Å². The van der Waals surface area contributed by atoms with Gasteiger partial charge in [-0.1, -0.05) is 28.1 Å². The average molecular weight is 337 g/mol. The number of hydrogen-bond acceptors (Lipinski definition) is 3. The van der Waals surface area contributed by atoms with E-state index < -0.39 is 0 Å². The van der Waals surface area contributed by atoms with E-state index in [2.05, 4.69) is 27.3 Å². The van der Waals surface area contributed by atoms with Gasteiger partial charge in [0.2, 0.25) is 5.91 Å². The van der Waals surface area contributed by atoms with E-state index in [1.54, 1.807) is 0 Å². The van der Waals surface area contributed by atoms with Crippen LogP contribution in [0, 0.1) is 0 Å². The van der Waals surface area contributed by atoms with Crippen molar-refractivity contribution in [2.24, 2.45) is 5.73 Å². The second kappa shape index (κ2) is 6.72. The van der Waals surface area contributed by atoms with Crippen LogP contribution in [0.5, 0.6) is 5.75 Å². The van der Waals surface area contributed by atoms with E-state index in [-0.39, 0.29) is 18.5 Å². The minimum Gasteiger partial charge on any atom is -0.492 e. The Hall–Kier alpha value is -1.59. The molecule has 3 N–H and O–H groups in total. The quantitative estimate of drug-likeness (QED) is 0.851. The molecule has 0 aromatic heterocycles. The number of primary amides is 1. The van der Waals surface area contributed by atoms with Gasteiger partial charge >= 0.3 is 0 Å². The zero-order valence-electron chi connectivity index (χ0n) is 11.2. The van der Waals surface area contributed by atoms with Crippen molar-refractivity contribution in [3.05, 3.63) is 40.9 Å². The van der Waals surface area contributed by atoms with E-state index >= 15 is 0 Å². The van der Waals surface area contributed by atoms with Crippen molar-refractivity contribution in [3.63, 3.8) is 0 Å². The number of carbonyl (C=O) groups excluding carboxylic acids is 1. The molecule has 0 saturated carbocycles. The van der Waals surface area contributed by atoms with Crippen molar-refractivity contribution in [1.82, 2.24) is 5.32 Å². The van der Waals surface area contributed by atoms with E-state index in [4.69, 9.17) is 10.5 Å². The molecule has 0 radical (unpaired) electrons. The number of amides is 1. The summed E-state index contributed by atoms with van der Waals surface area (Å²) in [5.41, 5.74) is 5.08. The fourth-order valence-electron chi connectivity index (χ4n) is 1.84. The molecule has 0 spiro atoms. The van der Waals surface area contributed by atoms with Crippen molar-refractivity contribution in [2.75, 3.05) is 13.2 Å². The standard InChI is InChI=1S/C15H17BrN2O2/c1-10(18-8-15(17)19)9-20-14-5-3-11-6-13(16)4-2-12(11)7-14/h2-7,10,18H,8-9H2,1H3,(H2,17,19)/t10-/m1/s1. The van der Waals surface area contributed by atoms with Crippen molar-refractivity contribution in [1.29, 1.82) is 0 Å². The summed E-state index contributed by atoms with van der Waals surface area (Å²) in [6.45, 7) is 2.59. The third-order valence-corrected chi connectivity index (χ3v) is 3.39. The van der Waals surface area contributed by atoms with E-state index in [0.29, 0.717) is 6.61 Å². The van der Waals surface area contributed by atoms with Gasteiger partial charge in [-0.15, -0.1) is 0 Å². The highest BCUT2D eigenvalue weighted by Crippen LogP contribution is 2.24. The highest BCUT2D eigenvalue weighted by atomic mass is 79.9. The van der Waals surface area contributed by atoms with Gasteiger partial charge in [-0.2, -0.15) is 0 Å².